The summed E-state index contributed by atoms with van der Waals surface area (Å²) in [6.07, 6.45) is 7.78. The first-order chi connectivity index (χ1) is 8.44. The monoisotopic (exact) mass is 245 g/mol. The summed E-state index contributed by atoms with van der Waals surface area (Å²) < 4.78 is 0. The minimum absolute atomic E-state index is 0.00494. The Morgan fingerprint density at radius 2 is 1.83 bits per heavy atom. The Hall–Kier alpha value is -0.725. The van der Waals surface area contributed by atoms with Gasteiger partial charge in [-0.15, -0.1) is 0 Å². The highest BCUT2D eigenvalue weighted by Crippen LogP contribution is 2.26. The molecule has 1 aliphatic carbocycles. The molecule has 2 rings (SSSR count). The molecule has 0 saturated heterocycles. The van der Waals surface area contributed by atoms with E-state index in [1.165, 1.54) is 49.7 Å². The van der Waals surface area contributed by atoms with Crippen LogP contribution in [0.5, 0.6) is 0 Å². The van der Waals surface area contributed by atoms with Crippen molar-refractivity contribution in [3.8, 4) is 0 Å². The fraction of sp³-hybridized carbons (Fsp3) is 0.800. The van der Waals surface area contributed by atoms with Gasteiger partial charge in [-0.25, -0.2) is 0 Å². The predicted molar refractivity (Wildman–Crippen MR) is 80.0 cm³/mol. The van der Waals surface area contributed by atoms with E-state index in [1.807, 2.05) is 0 Å². The summed E-state index contributed by atoms with van der Waals surface area (Å²) in [7, 11) is 2.27. The minimum Gasteiger partial charge on any atom is -0.357 e. The number of amidine groups is 1. The van der Waals surface area contributed by atoms with Gasteiger partial charge in [0.2, 0.25) is 7.28 Å². The van der Waals surface area contributed by atoms with E-state index in [2.05, 4.69) is 40.3 Å². The lowest BCUT2D eigenvalue weighted by atomic mass is 9.68. The molecule has 2 aliphatic rings. The van der Waals surface area contributed by atoms with Crippen molar-refractivity contribution in [3.63, 3.8) is 0 Å². The van der Waals surface area contributed by atoms with Crippen LogP contribution in [0.25, 0.3) is 0 Å². The summed E-state index contributed by atoms with van der Waals surface area (Å²) in [4.78, 5) is 4.74. The molecule has 0 bridgehead atoms. The summed E-state index contributed by atoms with van der Waals surface area (Å²) in [6, 6.07) is 0. The molecule has 0 fully saturated rings. The molecule has 1 N–H and O–H groups in total. The van der Waals surface area contributed by atoms with Crippen LogP contribution in [0.3, 0.4) is 0 Å². The van der Waals surface area contributed by atoms with Crippen molar-refractivity contribution in [1.29, 1.82) is 0 Å². The van der Waals surface area contributed by atoms with Gasteiger partial charge in [-0.3, -0.25) is 4.99 Å². The minimum atomic E-state index is 0.00494. The van der Waals surface area contributed by atoms with Crippen molar-refractivity contribution >= 4 is 13.0 Å². The predicted octanol–water partition coefficient (Wildman–Crippen LogP) is 3.65. The van der Waals surface area contributed by atoms with E-state index in [0.29, 0.717) is 0 Å². The van der Waals surface area contributed by atoms with Gasteiger partial charge in [0.15, 0.2) is 0 Å². The number of nitrogens with one attached hydrogen (secondary N) is 1. The number of nitrogens with zero attached hydrogens (tertiary/aromatic N) is 1. The summed E-state index contributed by atoms with van der Waals surface area (Å²) in [5.74, 6) is 0.896. The van der Waals surface area contributed by atoms with Crippen molar-refractivity contribution in [2.24, 2.45) is 10.9 Å². The molecule has 1 heterocycles. The van der Waals surface area contributed by atoms with Crippen molar-refractivity contribution in [2.75, 3.05) is 0 Å². The molecule has 1 radical (unpaired) electrons. The normalized spacial score (nSPS) is 28.0. The number of allylic oxidation sites excluding steroid dienone is 2. The van der Waals surface area contributed by atoms with Crippen LogP contribution in [0.4, 0.5) is 0 Å². The van der Waals surface area contributed by atoms with E-state index in [9.17, 15) is 0 Å². The van der Waals surface area contributed by atoms with Gasteiger partial charge < -0.3 is 5.32 Å². The molecule has 0 aromatic rings. The Morgan fingerprint density at radius 1 is 1.17 bits per heavy atom. The molecule has 0 saturated carbocycles. The van der Waals surface area contributed by atoms with Gasteiger partial charge in [0.1, 0.15) is 0 Å². The molecule has 1 atom stereocenters. The number of hydrogen-bond acceptors (Lipinski definition) is 1. The second-order valence-corrected chi connectivity index (χ2v) is 6.83. The van der Waals surface area contributed by atoms with E-state index in [0.717, 1.165) is 11.7 Å². The maximum Gasteiger partial charge on any atom is 0.236 e. The molecule has 0 amide bonds. The molecule has 18 heavy (non-hydrogen) atoms. The van der Waals surface area contributed by atoms with Gasteiger partial charge >= 0.3 is 0 Å². The zero-order valence-electron chi connectivity index (χ0n) is 12.3. The largest absolute Gasteiger partial charge is 0.357 e. The smallest absolute Gasteiger partial charge is 0.236 e. The topological polar surface area (TPSA) is 24.4 Å². The first kappa shape index (κ1) is 13.7. The number of hydrogen-bond donors (Lipinski definition) is 1. The third-order valence-electron chi connectivity index (χ3n) is 3.70. The third kappa shape index (κ3) is 3.89. The summed E-state index contributed by atoms with van der Waals surface area (Å²) in [5.41, 5.74) is 4.02. The van der Waals surface area contributed by atoms with Crippen LogP contribution < -0.4 is 5.32 Å². The van der Waals surface area contributed by atoms with Crippen LogP contribution in [-0.4, -0.2) is 18.6 Å². The molecule has 1 unspecified atom stereocenters. The summed E-state index contributed by atoms with van der Waals surface area (Å²) in [5, 5.41) is 3.53. The van der Waals surface area contributed by atoms with Gasteiger partial charge in [0, 0.05) is 5.70 Å². The Bertz CT molecular complexity index is 339. The molecular weight excluding hydrogens is 219 g/mol. The second kappa shape index (κ2) is 5.50. The summed E-state index contributed by atoms with van der Waals surface area (Å²) >= 11 is 0. The first-order valence-electron chi connectivity index (χ1n) is 7.38. The van der Waals surface area contributed by atoms with E-state index in [4.69, 9.17) is 4.99 Å². The average Bonchev–Trinajstić information content (AvgIpc) is 2.59. The standard InChI is InChI=1S/C15H26BN2/c1-11-7-5-9-12-13(10-6-8-11)17-14(16-12)18-15(2,3)4/h11H,5-10H2,1-4H3,(H,17,18). The first-order valence-corrected chi connectivity index (χ1v) is 7.38. The highest BCUT2D eigenvalue weighted by Gasteiger charge is 2.23. The maximum absolute atomic E-state index is 4.74. The lowest BCUT2D eigenvalue weighted by Gasteiger charge is -2.15. The zero-order valence-corrected chi connectivity index (χ0v) is 12.3. The number of rotatable bonds is 0. The highest BCUT2D eigenvalue weighted by atomic mass is 15.0. The van der Waals surface area contributed by atoms with Crippen LogP contribution >= 0.6 is 0 Å². The van der Waals surface area contributed by atoms with E-state index in [1.54, 1.807) is 0 Å². The van der Waals surface area contributed by atoms with Gasteiger partial charge in [0.05, 0.1) is 11.3 Å². The molecule has 0 spiro atoms. The van der Waals surface area contributed by atoms with Crippen LogP contribution in [0.2, 0.25) is 0 Å². The van der Waals surface area contributed by atoms with Gasteiger partial charge in [-0.2, -0.15) is 0 Å². The summed E-state index contributed by atoms with van der Waals surface area (Å²) in [6.45, 7) is 8.84. The Morgan fingerprint density at radius 3 is 2.50 bits per heavy atom. The second-order valence-electron chi connectivity index (χ2n) is 6.83. The van der Waals surface area contributed by atoms with Crippen LogP contribution in [0, 0.1) is 5.92 Å². The molecule has 0 aromatic carbocycles. The van der Waals surface area contributed by atoms with Gasteiger partial charge in [-0.1, -0.05) is 31.7 Å². The molecular formula is C15H26BN2. The molecule has 2 nitrogen and oxygen atoms in total. The van der Waals surface area contributed by atoms with Crippen LogP contribution in [-0.2, 0) is 0 Å². The molecule has 1 aliphatic heterocycles. The fourth-order valence-electron chi connectivity index (χ4n) is 2.80. The lowest BCUT2D eigenvalue weighted by Crippen LogP contribution is -2.25. The average molecular weight is 245 g/mol. The Labute approximate surface area is 113 Å². The van der Waals surface area contributed by atoms with E-state index < -0.39 is 0 Å². The van der Waals surface area contributed by atoms with Crippen LogP contribution in [0.1, 0.15) is 66.2 Å². The van der Waals surface area contributed by atoms with Crippen molar-refractivity contribution in [1.82, 2.24) is 5.32 Å². The quantitative estimate of drug-likeness (QED) is 0.647. The van der Waals surface area contributed by atoms with Crippen molar-refractivity contribution in [2.45, 2.75) is 71.8 Å². The SMILES string of the molecule is CC1CCCC2=C(CCC1)NC(=NC(C)(C)C)[B]2. The maximum atomic E-state index is 4.74. The number of aliphatic imine (C=N–C) groups is 1. The molecule has 99 valence electrons. The molecule has 0 aromatic heterocycles. The Balaban J connectivity index is 2.03. The van der Waals surface area contributed by atoms with Crippen molar-refractivity contribution in [3.05, 3.63) is 11.2 Å². The van der Waals surface area contributed by atoms with Gasteiger partial charge in [0.25, 0.3) is 0 Å². The highest BCUT2D eigenvalue weighted by molar-refractivity contribution is 6.82. The lowest BCUT2D eigenvalue weighted by molar-refractivity contribution is 0.466. The van der Waals surface area contributed by atoms with E-state index in [-0.39, 0.29) is 5.54 Å². The fourth-order valence-corrected chi connectivity index (χ4v) is 2.80. The van der Waals surface area contributed by atoms with Gasteiger partial charge in [-0.05, 0) is 46.0 Å². The van der Waals surface area contributed by atoms with Crippen LogP contribution in [0.15, 0.2) is 16.2 Å². The van der Waals surface area contributed by atoms with E-state index >= 15 is 0 Å². The zero-order chi connectivity index (χ0) is 13.2. The van der Waals surface area contributed by atoms with Crippen molar-refractivity contribution < 1.29 is 0 Å². The molecule has 3 heteroatoms. The Kier molecular flexibility index (Phi) is 4.19. The third-order valence-corrected chi connectivity index (χ3v) is 3.70.